The Morgan fingerprint density at radius 3 is 2.65 bits per heavy atom. The molecule has 0 fully saturated rings. The first-order valence-corrected chi connectivity index (χ1v) is 6.40. The van der Waals surface area contributed by atoms with Gasteiger partial charge in [0.1, 0.15) is 0 Å². The van der Waals surface area contributed by atoms with E-state index in [0.29, 0.717) is 18.5 Å². The van der Waals surface area contributed by atoms with Crippen molar-refractivity contribution in [3.05, 3.63) is 70.0 Å². The summed E-state index contributed by atoms with van der Waals surface area (Å²) in [6.45, 7) is 2.27. The van der Waals surface area contributed by atoms with Crippen LogP contribution in [-0.2, 0) is 11.8 Å². The number of para-hydroxylation sites is 1. The fraction of sp³-hybridized carbons (Fsp3) is 0.267. The Morgan fingerprint density at radius 1 is 1.30 bits per heavy atom. The molecular weight excluding hydrogens is 254 g/mol. The predicted molar refractivity (Wildman–Crippen MR) is 77.4 cm³/mol. The zero-order chi connectivity index (χ0) is 14.6. The maximum atomic E-state index is 11.2. The summed E-state index contributed by atoms with van der Waals surface area (Å²) in [6.07, 6.45) is 4.08. The van der Waals surface area contributed by atoms with Crippen LogP contribution in [-0.4, -0.2) is 16.5 Å². The Labute approximate surface area is 117 Å². The van der Waals surface area contributed by atoms with Crippen molar-refractivity contribution in [2.45, 2.75) is 18.8 Å². The molecule has 1 atom stereocenters. The van der Waals surface area contributed by atoms with E-state index in [0.717, 1.165) is 5.56 Å². The van der Waals surface area contributed by atoms with Crippen LogP contribution in [0.1, 0.15) is 18.1 Å². The molecule has 1 aromatic heterocycles. The van der Waals surface area contributed by atoms with Gasteiger partial charge in [-0.2, -0.15) is 0 Å². The Morgan fingerprint density at radius 2 is 2.05 bits per heavy atom. The van der Waals surface area contributed by atoms with Crippen LogP contribution in [0, 0.1) is 10.1 Å². The van der Waals surface area contributed by atoms with E-state index in [4.69, 9.17) is 5.73 Å². The molecule has 2 rings (SSSR count). The molecular formula is C15H17N3O2. The zero-order valence-corrected chi connectivity index (χ0v) is 11.3. The first-order chi connectivity index (χ1) is 9.57. The average molecular weight is 271 g/mol. The van der Waals surface area contributed by atoms with Crippen LogP contribution in [0.5, 0.6) is 0 Å². The van der Waals surface area contributed by atoms with Gasteiger partial charge in [-0.1, -0.05) is 31.2 Å². The molecule has 0 bridgehead atoms. The Bertz CT molecular complexity index is 601. The molecule has 0 spiro atoms. The van der Waals surface area contributed by atoms with Gasteiger partial charge in [0.15, 0.2) is 0 Å². The van der Waals surface area contributed by atoms with Gasteiger partial charge in [0, 0.05) is 36.0 Å². The molecule has 1 heterocycles. The summed E-state index contributed by atoms with van der Waals surface area (Å²) < 4.78 is 0. The molecule has 0 aliphatic carbocycles. The van der Waals surface area contributed by atoms with E-state index in [-0.39, 0.29) is 10.6 Å². The minimum Gasteiger partial charge on any atom is -0.330 e. The topological polar surface area (TPSA) is 82.0 Å². The lowest BCUT2D eigenvalue weighted by atomic mass is 9.77. The van der Waals surface area contributed by atoms with Crippen molar-refractivity contribution >= 4 is 5.69 Å². The van der Waals surface area contributed by atoms with E-state index in [1.807, 2.05) is 19.1 Å². The molecule has 0 aliphatic rings. The third-order valence-corrected chi connectivity index (χ3v) is 3.52. The van der Waals surface area contributed by atoms with Gasteiger partial charge in [-0.3, -0.25) is 15.1 Å². The molecule has 104 valence electrons. The Kier molecular flexibility index (Phi) is 4.10. The number of pyridine rings is 1. The first kappa shape index (κ1) is 14.1. The maximum absolute atomic E-state index is 11.2. The second-order valence-corrected chi connectivity index (χ2v) is 5.08. The number of hydrogen-bond acceptors (Lipinski definition) is 4. The van der Waals surface area contributed by atoms with E-state index in [2.05, 4.69) is 4.98 Å². The molecule has 5 nitrogen and oxygen atoms in total. The summed E-state index contributed by atoms with van der Waals surface area (Å²) in [5.41, 5.74) is 7.21. The highest BCUT2D eigenvalue weighted by Gasteiger charge is 2.32. The number of nitrogens with zero attached hydrogens (tertiary/aromatic N) is 2. The summed E-state index contributed by atoms with van der Waals surface area (Å²) in [4.78, 5) is 14.9. The molecule has 0 aliphatic heterocycles. The van der Waals surface area contributed by atoms with Crippen molar-refractivity contribution in [3.8, 4) is 0 Å². The van der Waals surface area contributed by atoms with Gasteiger partial charge in [0.25, 0.3) is 5.69 Å². The molecule has 0 amide bonds. The lowest BCUT2D eigenvalue weighted by Gasteiger charge is -2.28. The quantitative estimate of drug-likeness (QED) is 0.669. The summed E-state index contributed by atoms with van der Waals surface area (Å²) >= 11 is 0. The Balaban J connectivity index is 2.43. The number of nitro groups is 1. The molecule has 0 radical (unpaired) electrons. The predicted octanol–water partition coefficient (Wildman–Crippen LogP) is 2.45. The summed E-state index contributed by atoms with van der Waals surface area (Å²) in [7, 11) is 0. The molecule has 2 N–H and O–H groups in total. The van der Waals surface area contributed by atoms with E-state index in [1.165, 1.54) is 6.07 Å². The third kappa shape index (κ3) is 2.83. The van der Waals surface area contributed by atoms with E-state index in [1.54, 1.807) is 30.6 Å². The van der Waals surface area contributed by atoms with Crippen molar-refractivity contribution in [3.63, 3.8) is 0 Å². The fourth-order valence-electron chi connectivity index (χ4n) is 2.37. The molecule has 5 heteroatoms. The highest BCUT2D eigenvalue weighted by Crippen LogP contribution is 2.33. The van der Waals surface area contributed by atoms with E-state index < -0.39 is 5.41 Å². The smallest absolute Gasteiger partial charge is 0.273 e. The fourth-order valence-corrected chi connectivity index (χ4v) is 2.37. The number of aromatic nitrogens is 1. The highest BCUT2D eigenvalue weighted by molar-refractivity contribution is 5.46. The molecule has 0 saturated carbocycles. The minimum atomic E-state index is -0.493. The van der Waals surface area contributed by atoms with Gasteiger partial charge >= 0.3 is 0 Å². The molecule has 0 saturated heterocycles. The highest BCUT2D eigenvalue weighted by atomic mass is 16.6. The van der Waals surface area contributed by atoms with E-state index in [9.17, 15) is 10.1 Å². The van der Waals surface area contributed by atoms with Crippen LogP contribution >= 0.6 is 0 Å². The molecule has 2 aromatic rings. The van der Waals surface area contributed by atoms with Gasteiger partial charge in [0.05, 0.1) is 4.92 Å². The van der Waals surface area contributed by atoms with Crippen LogP contribution < -0.4 is 5.73 Å². The SMILES string of the molecule is CC(CN)(Cc1cccnc1)c1ccccc1[N+](=O)[O-]. The molecule has 20 heavy (non-hydrogen) atoms. The lowest BCUT2D eigenvalue weighted by Crippen LogP contribution is -2.34. The zero-order valence-electron chi connectivity index (χ0n) is 11.3. The van der Waals surface area contributed by atoms with Crippen LogP contribution in [0.4, 0.5) is 5.69 Å². The monoisotopic (exact) mass is 271 g/mol. The number of nitro benzene ring substituents is 1. The summed E-state index contributed by atoms with van der Waals surface area (Å²) in [5, 5.41) is 11.2. The standard InChI is InChI=1S/C15H17N3O2/c1-15(11-16,9-12-5-4-8-17-10-12)13-6-2-3-7-14(13)18(19)20/h2-8,10H,9,11,16H2,1H3. The minimum absolute atomic E-state index is 0.115. The van der Waals surface area contributed by atoms with Gasteiger partial charge < -0.3 is 5.73 Å². The summed E-state index contributed by atoms with van der Waals surface area (Å²) in [5.74, 6) is 0. The largest absolute Gasteiger partial charge is 0.330 e. The number of rotatable bonds is 5. The van der Waals surface area contributed by atoms with Crippen LogP contribution in [0.2, 0.25) is 0 Å². The maximum Gasteiger partial charge on any atom is 0.273 e. The molecule has 1 aromatic carbocycles. The van der Waals surface area contributed by atoms with Crippen LogP contribution in [0.3, 0.4) is 0 Å². The summed E-state index contributed by atoms with van der Waals surface area (Å²) in [6, 6.07) is 10.6. The van der Waals surface area contributed by atoms with Crippen molar-refractivity contribution < 1.29 is 4.92 Å². The number of nitrogens with two attached hydrogens (primary N) is 1. The average Bonchev–Trinajstić information content (AvgIpc) is 2.48. The third-order valence-electron chi connectivity index (χ3n) is 3.52. The van der Waals surface area contributed by atoms with Gasteiger partial charge in [-0.25, -0.2) is 0 Å². The van der Waals surface area contributed by atoms with Crippen molar-refractivity contribution in [1.82, 2.24) is 4.98 Å². The normalized spacial score (nSPS) is 13.7. The van der Waals surface area contributed by atoms with Gasteiger partial charge in [0.2, 0.25) is 0 Å². The van der Waals surface area contributed by atoms with Gasteiger partial charge in [-0.05, 0) is 18.1 Å². The van der Waals surface area contributed by atoms with Gasteiger partial charge in [-0.15, -0.1) is 0 Å². The van der Waals surface area contributed by atoms with Crippen LogP contribution in [0.15, 0.2) is 48.8 Å². The first-order valence-electron chi connectivity index (χ1n) is 6.40. The lowest BCUT2D eigenvalue weighted by molar-refractivity contribution is -0.386. The second kappa shape index (κ2) is 5.79. The second-order valence-electron chi connectivity index (χ2n) is 5.08. The van der Waals surface area contributed by atoms with E-state index >= 15 is 0 Å². The number of benzene rings is 1. The van der Waals surface area contributed by atoms with Crippen LogP contribution in [0.25, 0.3) is 0 Å². The molecule has 1 unspecified atom stereocenters. The van der Waals surface area contributed by atoms with Crippen molar-refractivity contribution in [2.75, 3.05) is 6.54 Å². The van der Waals surface area contributed by atoms with Crippen molar-refractivity contribution in [1.29, 1.82) is 0 Å². The van der Waals surface area contributed by atoms with Crippen molar-refractivity contribution in [2.24, 2.45) is 5.73 Å². The Hall–Kier alpha value is -2.27. The number of hydrogen-bond donors (Lipinski definition) is 1.